The smallest absolute Gasteiger partial charge is 0.270 e. The second kappa shape index (κ2) is 3.20. The molecular formula is C10H18O3S. The van der Waals surface area contributed by atoms with Crippen LogP contribution >= 0.6 is 0 Å². The van der Waals surface area contributed by atoms with Crippen LogP contribution in [0.5, 0.6) is 0 Å². The first-order valence-corrected chi connectivity index (χ1v) is 6.82. The molecule has 0 heterocycles. The first-order valence-electron chi connectivity index (χ1n) is 5.38. The minimum absolute atomic E-state index is 0.523. The molecule has 0 aromatic heterocycles. The average molecular weight is 218 g/mol. The van der Waals surface area contributed by atoms with E-state index in [0.717, 1.165) is 12.8 Å². The van der Waals surface area contributed by atoms with Crippen LogP contribution in [-0.2, 0) is 10.1 Å². The molecule has 82 valence electrons. The lowest BCUT2D eigenvalue weighted by Crippen LogP contribution is -2.44. The molecule has 14 heavy (non-hydrogen) atoms. The van der Waals surface area contributed by atoms with E-state index in [2.05, 4.69) is 0 Å². The molecule has 0 aromatic rings. The maximum atomic E-state index is 11.3. The zero-order valence-electron chi connectivity index (χ0n) is 8.57. The van der Waals surface area contributed by atoms with Crippen LogP contribution in [0.15, 0.2) is 0 Å². The predicted octanol–water partition coefficient (Wildman–Crippen LogP) is 2.23. The van der Waals surface area contributed by atoms with E-state index in [-0.39, 0.29) is 0 Å². The van der Waals surface area contributed by atoms with Gasteiger partial charge in [0.15, 0.2) is 0 Å². The molecule has 2 rings (SSSR count). The Bertz CT molecular complexity index is 308. The zero-order valence-corrected chi connectivity index (χ0v) is 9.39. The van der Waals surface area contributed by atoms with Gasteiger partial charge in [0.05, 0.1) is 4.75 Å². The Hall–Kier alpha value is -0.0900. The summed E-state index contributed by atoms with van der Waals surface area (Å²) in [5.74, 6) is 1.05. The molecule has 0 spiro atoms. The van der Waals surface area contributed by atoms with Gasteiger partial charge in [-0.1, -0.05) is 19.3 Å². The third-order valence-corrected chi connectivity index (χ3v) is 5.53. The van der Waals surface area contributed by atoms with Crippen LogP contribution in [0.4, 0.5) is 0 Å². The summed E-state index contributed by atoms with van der Waals surface area (Å²) in [5, 5.41) is 0. The van der Waals surface area contributed by atoms with Gasteiger partial charge < -0.3 is 0 Å². The van der Waals surface area contributed by atoms with Gasteiger partial charge in [0.25, 0.3) is 10.1 Å². The van der Waals surface area contributed by atoms with Crippen molar-refractivity contribution in [3.05, 3.63) is 0 Å². The van der Waals surface area contributed by atoms with Crippen molar-refractivity contribution >= 4 is 10.1 Å². The van der Waals surface area contributed by atoms with E-state index in [0.29, 0.717) is 24.7 Å². The lowest BCUT2D eigenvalue weighted by Gasteiger charge is -2.43. The largest absolute Gasteiger partial charge is 0.285 e. The summed E-state index contributed by atoms with van der Waals surface area (Å²) in [5.41, 5.74) is 0. The summed E-state index contributed by atoms with van der Waals surface area (Å²) in [7, 11) is -3.87. The van der Waals surface area contributed by atoms with Crippen molar-refractivity contribution in [2.45, 2.75) is 50.2 Å². The monoisotopic (exact) mass is 218 g/mol. The molecular weight excluding hydrogens is 200 g/mol. The molecule has 2 atom stereocenters. The average Bonchev–Trinajstić information content (AvgIpc) is 2.00. The number of rotatable bonds is 1. The fourth-order valence-corrected chi connectivity index (χ4v) is 4.18. The zero-order chi connectivity index (χ0) is 10.4. The number of fused-ring (bicyclic) bond motifs is 2. The summed E-state index contributed by atoms with van der Waals surface area (Å²) < 4.78 is 31.0. The summed E-state index contributed by atoms with van der Waals surface area (Å²) in [6.07, 6.45) is 6.00. The van der Waals surface area contributed by atoms with E-state index in [1.165, 1.54) is 12.8 Å². The maximum absolute atomic E-state index is 11.3. The third kappa shape index (κ3) is 1.70. The topological polar surface area (TPSA) is 54.4 Å². The van der Waals surface area contributed by atoms with Crippen molar-refractivity contribution in [1.82, 2.24) is 0 Å². The lowest BCUT2D eigenvalue weighted by atomic mass is 9.68. The summed E-state index contributed by atoms with van der Waals surface area (Å²) in [6, 6.07) is 0. The fourth-order valence-electron chi connectivity index (χ4n) is 3.29. The quantitative estimate of drug-likeness (QED) is 0.687. The Kier molecular flexibility index (Phi) is 2.39. The van der Waals surface area contributed by atoms with Gasteiger partial charge in [0.1, 0.15) is 0 Å². The van der Waals surface area contributed by atoms with Crippen LogP contribution in [0, 0.1) is 11.8 Å². The SMILES string of the molecule is CC1(S(=O)(=O)O)CC2CCCC(C2)C1. The predicted molar refractivity (Wildman–Crippen MR) is 54.6 cm³/mol. The van der Waals surface area contributed by atoms with Gasteiger partial charge in [-0.05, 0) is 38.0 Å². The van der Waals surface area contributed by atoms with Crippen LogP contribution < -0.4 is 0 Å². The summed E-state index contributed by atoms with van der Waals surface area (Å²) in [4.78, 5) is 0. The van der Waals surface area contributed by atoms with Crippen molar-refractivity contribution in [2.75, 3.05) is 0 Å². The van der Waals surface area contributed by atoms with Crippen molar-refractivity contribution in [3.8, 4) is 0 Å². The second-order valence-electron chi connectivity index (χ2n) is 5.23. The highest BCUT2D eigenvalue weighted by atomic mass is 32.2. The molecule has 2 saturated carbocycles. The Morgan fingerprint density at radius 1 is 1.21 bits per heavy atom. The van der Waals surface area contributed by atoms with Crippen LogP contribution in [0.1, 0.15) is 45.4 Å². The standard InChI is InChI=1S/C10H18O3S/c1-10(14(11,12)13)6-8-3-2-4-9(5-8)7-10/h8-9H,2-7H2,1H3,(H,11,12,13). The van der Waals surface area contributed by atoms with E-state index in [1.54, 1.807) is 6.92 Å². The molecule has 2 aliphatic rings. The number of hydrogen-bond donors (Lipinski definition) is 1. The lowest BCUT2D eigenvalue weighted by molar-refractivity contribution is 0.152. The number of hydrogen-bond acceptors (Lipinski definition) is 2. The van der Waals surface area contributed by atoms with E-state index < -0.39 is 14.9 Å². The van der Waals surface area contributed by atoms with E-state index in [9.17, 15) is 13.0 Å². The minimum Gasteiger partial charge on any atom is -0.285 e. The Morgan fingerprint density at radius 3 is 2.14 bits per heavy atom. The highest BCUT2D eigenvalue weighted by Crippen LogP contribution is 2.47. The Balaban J connectivity index is 2.23. The highest BCUT2D eigenvalue weighted by Gasteiger charge is 2.46. The fraction of sp³-hybridized carbons (Fsp3) is 1.00. The van der Waals surface area contributed by atoms with Gasteiger partial charge in [0, 0.05) is 0 Å². The molecule has 2 aliphatic carbocycles. The Morgan fingerprint density at radius 2 is 1.71 bits per heavy atom. The molecule has 0 amide bonds. The van der Waals surface area contributed by atoms with Gasteiger partial charge >= 0.3 is 0 Å². The van der Waals surface area contributed by atoms with Crippen LogP contribution in [-0.4, -0.2) is 17.7 Å². The van der Waals surface area contributed by atoms with Crippen molar-refractivity contribution in [2.24, 2.45) is 11.8 Å². The molecule has 0 radical (unpaired) electrons. The molecule has 2 bridgehead atoms. The highest BCUT2D eigenvalue weighted by molar-refractivity contribution is 7.87. The van der Waals surface area contributed by atoms with Crippen molar-refractivity contribution in [3.63, 3.8) is 0 Å². The van der Waals surface area contributed by atoms with Crippen molar-refractivity contribution in [1.29, 1.82) is 0 Å². The Labute approximate surface area is 85.6 Å². The minimum atomic E-state index is -3.87. The van der Waals surface area contributed by atoms with Gasteiger partial charge in [-0.15, -0.1) is 0 Å². The molecule has 0 saturated heterocycles. The van der Waals surface area contributed by atoms with E-state index in [4.69, 9.17) is 0 Å². The van der Waals surface area contributed by atoms with Crippen LogP contribution in [0.25, 0.3) is 0 Å². The molecule has 3 nitrogen and oxygen atoms in total. The van der Waals surface area contributed by atoms with Crippen LogP contribution in [0.2, 0.25) is 0 Å². The van der Waals surface area contributed by atoms with E-state index in [1.807, 2.05) is 0 Å². The van der Waals surface area contributed by atoms with Gasteiger partial charge in [-0.2, -0.15) is 8.42 Å². The third-order valence-electron chi connectivity index (χ3n) is 3.96. The van der Waals surface area contributed by atoms with Gasteiger partial charge in [-0.25, -0.2) is 0 Å². The normalized spacial score (nSPS) is 43.6. The van der Waals surface area contributed by atoms with Gasteiger partial charge in [0.2, 0.25) is 0 Å². The second-order valence-corrected chi connectivity index (χ2v) is 7.17. The summed E-state index contributed by atoms with van der Waals surface area (Å²) >= 11 is 0. The summed E-state index contributed by atoms with van der Waals surface area (Å²) in [6.45, 7) is 1.70. The first-order chi connectivity index (χ1) is 6.41. The van der Waals surface area contributed by atoms with Crippen LogP contribution in [0.3, 0.4) is 0 Å². The van der Waals surface area contributed by atoms with Gasteiger partial charge in [-0.3, -0.25) is 4.55 Å². The molecule has 1 N–H and O–H groups in total. The first kappa shape index (κ1) is 10.4. The molecule has 2 fully saturated rings. The maximum Gasteiger partial charge on any atom is 0.270 e. The molecule has 4 heteroatoms. The van der Waals surface area contributed by atoms with Crippen molar-refractivity contribution < 1.29 is 13.0 Å². The molecule has 0 aliphatic heterocycles. The molecule has 2 unspecified atom stereocenters. The van der Waals surface area contributed by atoms with E-state index >= 15 is 0 Å². The molecule has 0 aromatic carbocycles.